The van der Waals surface area contributed by atoms with Crippen molar-refractivity contribution < 1.29 is 13.9 Å². The van der Waals surface area contributed by atoms with E-state index < -0.39 is 17.2 Å². The summed E-state index contributed by atoms with van der Waals surface area (Å²) < 4.78 is 19.3. The van der Waals surface area contributed by atoms with Crippen molar-refractivity contribution in [1.29, 1.82) is 0 Å². The van der Waals surface area contributed by atoms with E-state index in [0.29, 0.717) is 26.1 Å². The summed E-state index contributed by atoms with van der Waals surface area (Å²) in [6.45, 7) is 8.54. The first-order valence-electron chi connectivity index (χ1n) is 7.02. The number of alkyl halides is 1. The highest BCUT2D eigenvalue weighted by atomic mass is 19.1. The van der Waals surface area contributed by atoms with E-state index in [4.69, 9.17) is 10.5 Å². The van der Waals surface area contributed by atoms with E-state index in [0.717, 1.165) is 12.8 Å². The molecule has 0 aromatic carbocycles. The van der Waals surface area contributed by atoms with Crippen molar-refractivity contribution >= 4 is 6.09 Å². The number of piperidine rings is 1. The Balaban J connectivity index is 2.74. The second-order valence-electron chi connectivity index (χ2n) is 6.52. The fourth-order valence-electron chi connectivity index (χ4n) is 2.66. The number of halogens is 1. The predicted octanol–water partition coefficient (Wildman–Crippen LogP) is 2.71. The van der Waals surface area contributed by atoms with Gasteiger partial charge in [-0.25, -0.2) is 9.18 Å². The molecule has 1 fully saturated rings. The molecule has 112 valence electrons. The maximum atomic E-state index is 14.0. The standard InChI is InChI=1S/C14H27FN2O2/c1-11(15)14(7-8-16)6-5-9-17(10-14)12(18)19-13(2,3)4/h11H,5-10,16H2,1-4H3. The van der Waals surface area contributed by atoms with Gasteiger partial charge in [-0.3, -0.25) is 0 Å². The van der Waals surface area contributed by atoms with Gasteiger partial charge in [0, 0.05) is 18.5 Å². The number of carbonyl (C=O) groups excluding carboxylic acids is 1. The molecule has 1 rings (SSSR count). The number of hydrogen-bond acceptors (Lipinski definition) is 3. The lowest BCUT2D eigenvalue weighted by atomic mass is 9.74. The molecule has 1 aliphatic heterocycles. The molecule has 0 aliphatic carbocycles. The van der Waals surface area contributed by atoms with Crippen LogP contribution in [-0.2, 0) is 4.74 Å². The normalized spacial score (nSPS) is 26.1. The minimum absolute atomic E-state index is 0.353. The average Bonchev–Trinajstić information content (AvgIpc) is 2.27. The molecule has 0 saturated carbocycles. The lowest BCUT2D eigenvalue weighted by Gasteiger charge is -2.44. The van der Waals surface area contributed by atoms with Crippen LogP contribution in [-0.4, -0.2) is 42.4 Å². The topological polar surface area (TPSA) is 55.6 Å². The van der Waals surface area contributed by atoms with Crippen LogP contribution in [0.4, 0.5) is 9.18 Å². The molecule has 0 bridgehead atoms. The van der Waals surface area contributed by atoms with Crippen molar-refractivity contribution in [2.45, 2.75) is 58.7 Å². The van der Waals surface area contributed by atoms with Gasteiger partial charge in [0.1, 0.15) is 11.8 Å². The van der Waals surface area contributed by atoms with E-state index in [1.165, 1.54) is 0 Å². The van der Waals surface area contributed by atoms with E-state index in [9.17, 15) is 9.18 Å². The zero-order valence-electron chi connectivity index (χ0n) is 12.5. The summed E-state index contributed by atoms with van der Waals surface area (Å²) in [5.74, 6) is 0. The van der Waals surface area contributed by atoms with Gasteiger partial charge in [0.15, 0.2) is 0 Å². The van der Waals surface area contributed by atoms with E-state index in [1.54, 1.807) is 11.8 Å². The minimum atomic E-state index is -0.971. The number of likely N-dealkylation sites (tertiary alicyclic amines) is 1. The molecule has 1 heterocycles. The number of amides is 1. The van der Waals surface area contributed by atoms with Gasteiger partial charge in [-0.15, -0.1) is 0 Å². The van der Waals surface area contributed by atoms with Gasteiger partial charge < -0.3 is 15.4 Å². The Bertz CT molecular complexity index is 311. The number of nitrogens with zero attached hydrogens (tertiary/aromatic N) is 1. The van der Waals surface area contributed by atoms with Gasteiger partial charge in [-0.2, -0.15) is 0 Å². The zero-order valence-corrected chi connectivity index (χ0v) is 12.5. The molecule has 1 amide bonds. The Kier molecular flexibility index (Phi) is 5.18. The lowest BCUT2D eigenvalue weighted by molar-refractivity contribution is -0.0155. The highest BCUT2D eigenvalue weighted by molar-refractivity contribution is 5.68. The molecule has 5 heteroatoms. The fourth-order valence-corrected chi connectivity index (χ4v) is 2.66. The fraction of sp³-hybridized carbons (Fsp3) is 0.929. The molecule has 1 saturated heterocycles. The van der Waals surface area contributed by atoms with E-state index in [2.05, 4.69) is 0 Å². The van der Waals surface area contributed by atoms with Crippen molar-refractivity contribution in [2.75, 3.05) is 19.6 Å². The molecule has 0 radical (unpaired) electrons. The van der Waals surface area contributed by atoms with Crippen LogP contribution in [0, 0.1) is 5.41 Å². The highest BCUT2D eigenvalue weighted by Gasteiger charge is 2.42. The van der Waals surface area contributed by atoms with Crippen LogP contribution in [0.15, 0.2) is 0 Å². The Morgan fingerprint density at radius 2 is 2.16 bits per heavy atom. The smallest absolute Gasteiger partial charge is 0.410 e. The van der Waals surface area contributed by atoms with Crippen molar-refractivity contribution in [2.24, 2.45) is 11.1 Å². The Morgan fingerprint density at radius 3 is 2.63 bits per heavy atom. The number of nitrogens with two attached hydrogens (primary N) is 1. The average molecular weight is 274 g/mol. The van der Waals surface area contributed by atoms with Gasteiger partial charge in [0.25, 0.3) is 0 Å². The highest BCUT2D eigenvalue weighted by Crippen LogP contribution is 2.38. The second-order valence-corrected chi connectivity index (χ2v) is 6.52. The lowest BCUT2D eigenvalue weighted by Crippen LogP contribution is -2.51. The van der Waals surface area contributed by atoms with Gasteiger partial charge in [0.2, 0.25) is 0 Å². The third kappa shape index (κ3) is 4.34. The van der Waals surface area contributed by atoms with Crippen LogP contribution in [0.3, 0.4) is 0 Å². The van der Waals surface area contributed by atoms with Crippen molar-refractivity contribution in [3.63, 3.8) is 0 Å². The first kappa shape index (κ1) is 16.2. The Hall–Kier alpha value is -0.840. The van der Waals surface area contributed by atoms with Crippen molar-refractivity contribution in [3.05, 3.63) is 0 Å². The van der Waals surface area contributed by atoms with Crippen molar-refractivity contribution in [3.8, 4) is 0 Å². The summed E-state index contributed by atoms with van der Waals surface area (Å²) in [7, 11) is 0. The molecule has 2 unspecified atom stereocenters. The predicted molar refractivity (Wildman–Crippen MR) is 73.7 cm³/mol. The first-order chi connectivity index (χ1) is 8.70. The Morgan fingerprint density at radius 1 is 1.53 bits per heavy atom. The van der Waals surface area contributed by atoms with Crippen LogP contribution >= 0.6 is 0 Å². The molecular formula is C14H27FN2O2. The van der Waals surface area contributed by atoms with Crippen LogP contribution in [0.1, 0.15) is 47.0 Å². The molecule has 19 heavy (non-hydrogen) atoms. The van der Waals surface area contributed by atoms with Gasteiger partial charge in [0.05, 0.1) is 0 Å². The molecule has 0 spiro atoms. The summed E-state index contributed by atoms with van der Waals surface area (Å²) >= 11 is 0. The summed E-state index contributed by atoms with van der Waals surface area (Å²) in [5.41, 5.74) is 4.57. The van der Waals surface area contributed by atoms with Crippen LogP contribution < -0.4 is 5.73 Å². The first-order valence-corrected chi connectivity index (χ1v) is 7.02. The molecule has 0 aromatic rings. The van der Waals surface area contributed by atoms with Crippen LogP contribution in [0.25, 0.3) is 0 Å². The summed E-state index contributed by atoms with van der Waals surface area (Å²) in [6, 6.07) is 0. The SMILES string of the molecule is CC(F)C1(CCN)CCCN(C(=O)OC(C)(C)C)C1. The molecular weight excluding hydrogens is 247 g/mol. The molecule has 2 N–H and O–H groups in total. The van der Waals surface area contributed by atoms with E-state index in [-0.39, 0.29) is 6.09 Å². The maximum absolute atomic E-state index is 14.0. The van der Waals surface area contributed by atoms with Gasteiger partial charge in [-0.05, 0) is 53.5 Å². The maximum Gasteiger partial charge on any atom is 0.410 e. The van der Waals surface area contributed by atoms with Crippen LogP contribution in [0.5, 0.6) is 0 Å². The minimum Gasteiger partial charge on any atom is -0.444 e. The molecule has 4 nitrogen and oxygen atoms in total. The second kappa shape index (κ2) is 6.07. The van der Waals surface area contributed by atoms with Crippen LogP contribution in [0.2, 0.25) is 0 Å². The summed E-state index contributed by atoms with van der Waals surface area (Å²) in [5, 5.41) is 0. The zero-order chi connectivity index (χ0) is 14.7. The number of carbonyl (C=O) groups is 1. The molecule has 2 atom stereocenters. The Labute approximate surface area is 115 Å². The van der Waals surface area contributed by atoms with Gasteiger partial charge >= 0.3 is 6.09 Å². The number of ether oxygens (including phenoxy) is 1. The van der Waals surface area contributed by atoms with E-state index in [1.807, 2.05) is 20.8 Å². The van der Waals surface area contributed by atoms with Gasteiger partial charge in [-0.1, -0.05) is 0 Å². The quantitative estimate of drug-likeness (QED) is 0.861. The monoisotopic (exact) mass is 274 g/mol. The molecule has 1 aliphatic rings. The number of rotatable bonds is 3. The largest absolute Gasteiger partial charge is 0.444 e. The third-order valence-electron chi connectivity index (χ3n) is 3.75. The summed E-state index contributed by atoms with van der Waals surface area (Å²) in [6.07, 6.45) is 0.856. The molecule has 0 aromatic heterocycles. The van der Waals surface area contributed by atoms with Crippen molar-refractivity contribution in [1.82, 2.24) is 4.90 Å². The number of hydrogen-bond donors (Lipinski definition) is 1. The third-order valence-corrected chi connectivity index (χ3v) is 3.75. The van der Waals surface area contributed by atoms with E-state index >= 15 is 0 Å². The summed E-state index contributed by atoms with van der Waals surface area (Å²) in [4.78, 5) is 13.7.